The lowest BCUT2D eigenvalue weighted by Gasteiger charge is -1.93. The zero-order valence-corrected chi connectivity index (χ0v) is 7.44. The van der Waals surface area contributed by atoms with Gasteiger partial charge in [0.1, 0.15) is 0 Å². The first-order chi connectivity index (χ1) is 4.57. The number of amides is 1. The van der Waals surface area contributed by atoms with Crippen LogP contribution in [-0.2, 0) is 4.79 Å². The fraction of sp³-hybridized carbons (Fsp3) is 0.286. The zero-order chi connectivity index (χ0) is 8.15. The van der Waals surface area contributed by atoms with Gasteiger partial charge in [0.25, 0.3) is 0 Å². The van der Waals surface area contributed by atoms with Crippen LogP contribution < -0.4 is 5.73 Å². The predicted octanol–water partition coefficient (Wildman–Crippen LogP) is 1.72. The van der Waals surface area contributed by atoms with Gasteiger partial charge in [-0.3, -0.25) is 4.79 Å². The normalized spacial score (nSPS) is 11.2. The van der Waals surface area contributed by atoms with Gasteiger partial charge in [0, 0.05) is 5.57 Å². The molecule has 2 nitrogen and oxygen atoms in total. The Morgan fingerprint density at radius 2 is 2.30 bits per heavy atom. The molecule has 0 heterocycles. The van der Waals surface area contributed by atoms with Crippen molar-refractivity contribution >= 4 is 21.8 Å². The number of hydrogen-bond donors (Lipinski definition) is 1. The Morgan fingerprint density at radius 3 is 2.60 bits per heavy atom. The molecule has 0 aliphatic rings. The van der Waals surface area contributed by atoms with Crippen LogP contribution >= 0.6 is 15.9 Å². The van der Waals surface area contributed by atoms with Crippen LogP contribution in [0.25, 0.3) is 0 Å². The van der Waals surface area contributed by atoms with E-state index in [2.05, 4.69) is 22.5 Å². The van der Waals surface area contributed by atoms with Crippen LogP contribution in [0.4, 0.5) is 0 Å². The second-order valence-corrected chi connectivity index (χ2v) is 2.85. The van der Waals surface area contributed by atoms with Gasteiger partial charge < -0.3 is 5.73 Å². The lowest BCUT2D eigenvalue weighted by molar-refractivity contribution is -0.114. The molecule has 3 heteroatoms. The Kier molecular flexibility index (Phi) is 4.03. The highest BCUT2D eigenvalue weighted by Crippen LogP contribution is 2.11. The second kappa shape index (κ2) is 4.28. The Morgan fingerprint density at radius 1 is 1.80 bits per heavy atom. The summed E-state index contributed by atoms with van der Waals surface area (Å²) in [5.41, 5.74) is 5.26. The maximum absolute atomic E-state index is 10.4. The van der Waals surface area contributed by atoms with Gasteiger partial charge in [0.05, 0.1) is 0 Å². The number of hydrogen-bond acceptors (Lipinski definition) is 1. The fourth-order valence-corrected chi connectivity index (χ4v) is 0.639. The van der Waals surface area contributed by atoms with E-state index in [0.29, 0.717) is 5.57 Å². The number of carbonyl (C=O) groups is 1. The van der Waals surface area contributed by atoms with E-state index in [4.69, 9.17) is 5.73 Å². The Balaban J connectivity index is 4.13. The number of halogens is 1. The van der Waals surface area contributed by atoms with Crippen LogP contribution in [0.15, 0.2) is 22.7 Å². The molecule has 10 heavy (non-hydrogen) atoms. The van der Waals surface area contributed by atoms with E-state index in [1.807, 2.05) is 6.92 Å². The molecule has 0 atom stereocenters. The maximum Gasteiger partial charge on any atom is 0.248 e. The minimum Gasteiger partial charge on any atom is -0.366 e. The quantitative estimate of drug-likeness (QED) is 0.551. The molecule has 0 unspecified atom stereocenters. The number of carbonyl (C=O) groups excluding carboxylic acids is 1. The van der Waals surface area contributed by atoms with Crippen LogP contribution in [-0.4, -0.2) is 5.91 Å². The van der Waals surface area contributed by atoms with Crippen molar-refractivity contribution in [3.05, 3.63) is 22.7 Å². The summed E-state index contributed by atoms with van der Waals surface area (Å²) in [6.07, 6.45) is 2.47. The molecule has 0 aliphatic carbocycles. The van der Waals surface area contributed by atoms with E-state index >= 15 is 0 Å². The van der Waals surface area contributed by atoms with E-state index in [1.54, 1.807) is 6.08 Å². The van der Waals surface area contributed by atoms with Crippen molar-refractivity contribution < 1.29 is 4.79 Å². The highest BCUT2D eigenvalue weighted by Gasteiger charge is 1.96. The van der Waals surface area contributed by atoms with Crippen molar-refractivity contribution in [2.45, 2.75) is 13.3 Å². The standard InChI is InChI=1S/C7H10BrNO/c1-3-6(8)4-5(2)7(9)10/h4H,2-3H2,1H3,(H2,9,10)/b6-4+. The van der Waals surface area contributed by atoms with Crippen LogP contribution in [0.3, 0.4) is 0 Å². The van der Waals surface area contributed by atoms with Crippen LogP contribution in [0.2, 0.25) is 0 Å². The summed E-state index contributed by atoms with van der Waals surface area (Å²) in [6.45, 7) is 5.43. The molecule has 0 aromatic heterocycles. The molecular formula is C7H10BrNO. The highest BCUT2D eigenvalue weighted by molar-refractivity contribution is 9.11. The SMILES string of the molecule is C=C(/C=C(/Br)CC)C(N)=O. The molecule has 0 saturated carbocycles. The third kappa shape index (κ3) is 3.45. The lowest BCUT2D eigenvalue weighted by atomic mass is 10.2. The summed E-state index contributed by atoms with van der Waals surface area (Å²) in [4.78, 5) is 10.4. The van der Waals surface area contributed by atoms with Gasteiger partial charge in [-0.05, 0) is 17.0 Å². The van der Waals surface area contributed by atoms with Crippen molar-refractivity contribution in [2.75, 3.05) is 0 Å². The minimum atomic E-state index is -0.481. The van der Waals surface area contributed by atoms with Crippen molar-refractivity contribution in [1.82, 2.24) is 0 Å². The molecule has 0 rings (SSSR count). The van der Waals surface area contributed by atoms with Crippen LogP contribution in [0.5, 0.6) is 0 Å². The summed E-state index contributed by atoms with van der Waals surface area (Å²) in [5.74, 6) is -0.481. The summed E-state index contributed by atoms with van der Waals surface area (Å²) in [6, 6.07) is 0. The van der Waals surface area contributed by atoms with Gasteiger partial charge in [-0.1, -0.05) is 29.4 Å². The van der Waals surface area contributed by atoms with E-state index in [0.717, 1.165) is 10.9 Å². The third-order valence-electron chi connectivity index (χ3n) is 0.985. The molecule has 0 saturated heterocycles. The lowest BCUT2D eigenvalue weighted by Crippen LogP contribution is -2.11. The van der Waals surface area contributed by atoms with E-state index < -0.39 is 5.91 Å². The first-order valence-electron chi connectivity index (χ1n) is 2.92. The van der Waals surface area contributed by atoms with Gasteiger partial charge >= 0.3 is 0 Å². The number of primary amides is 1. The van der Waals surface area contributed by atoms with Crippen LogP contribution in [0.1, 0.15) is 13.3 Å². The second-order valence-electron chi connectivity index (χ2n) is 1.83. The monoisotopic (exact) mass is 203 g/mol. The smallest absolute Gasteiger partial charge is 0.248 e. The summed E-state index contributed by atoms with van der Waals surface area (Å²) < 4.78 is 0.927. The topological polar surface area (TPSA) is 43.1 Å². The number of rotatable bonds is 3. The molecule has 1 amide bonds. The van der Waals surface area contributed by atoms with Crippen molar-refractivity contribution in [2.24, 2.45) is 5.73 Å². The minimum absolute atomic E-state index is 0.328. The molecule has 0 bridgehead atoms. The van der Waals surface area contributed by atoms with Gasteiger partial charge in [0.2, 0.25) is 5.91 Å². The molecule has 0 spiro atoms. The molecular weight excluding hydrogens is 194 g/mol. The van der Waals surface area contributed by atoms with Gasteiger partial charge in [-0.25, -0.2) is 0 Å². The van der Waals surface area contributed by atoms with Gasteiger partial charge in [-0.15, -0.1) is 0 Å². The average molecular weight is 204 g/mol. The number of nitrogens with two attached hydrogens (primary N) is 1. The van der Waals surface area contributed by atoms with E-state index in [9.17, 15) is 4.79 Å². The first kappa shape index (κ1) is 9.43. The average Bonchev–Trinajstić information content (AvgIpc) is 1.87. The molecule has 2 N–H and O–H groups in total. The van der Waals surface area contributed by atoms with Crippen LogP contribution in [0, 0.1) is 0 Å². The van der Waals surface area contributed by atoms with Crippen molar-refractivity contribution in [3.8, 4) is 0 Å². The highest BCUT2D eigenvalue weighted by atomic mass is 79.9. The summed E-state index contributed by atoms with van der Waals surface area (Å²) in [5, 5.41) is 0. The van der Waals surface area contributed by atoms with Gasteiger partial charge in [-0.2, -0.15) is 0 Å². The molecule has 0 fully saturated rings. The molecule has 0 aromatic rings. The Labute approximate surface area is 68.9 Å². The predicted molar refractivity (Wildman–Crippen MR) is 45.6 cm³/mol. The molecule has 0 aromatic carbocycles. The number of allylic oxidation sites excluding steroid dienone is 1. The van der Waals surface area contributed by atoms with Crippen molar-refractivity contribution in [1.29, 1.82) is 0 Å². The molecule has 0 aliphatic heterocycles. The van der Waals surface area contributed by atoms with Crippen molar-refractivity contribution in [3.63, 3.8) is 0 Å². The van der Waals surface area contributed by atoms with Gasteiger partial charge in [0.15, 0.2) is 0 Å². The van der Waals surface area contributed by atoms with E-state index in [-0.39, 0.29) is 0 Å². The summed E-state index contributed by atoms with van der Waals surface area (Å²) >= 11 is 3.24. The fourth-order valence-electron chi connectivity index (χ4n) is 0.362. The summed E-state index contributed by atoms with van der Waals surface area (Å²) in [7, 11) is 0. The Hall–Kier alpha value is -0.570. The molecule has 56 valence electrons. The molecule has 0 radical (unpaired) electrons. The van der Waals surface area contributed by atoms with E-state index in [1.165, 1.54) is 0 Å². The first-order valence-corrected chi connectivity index (χ1v) is 3.72. The third-order valence-corrected chi connectivity index (χ3v) is 1.77. The Bertz CT molecular complexity index is 184. The zero-order valence-electron chi connectivity index (χ0n) is 5.86. The maximum atomic E-state index is 10.4. The largest absolute Gasteiger partial charge is 0.366 e.